The van der Waals surface area contributed by atoms with Gasteiger partial charge in [0.15, 0.2) is 5.78 Å². The fourth-order valence-corrected chi connectivity index (χ4v) is 1.50. The number of ketones is 1. The Balaban J connectivity index is 3.06. The lowest BCUT2D eigenvalue weighted by molar-refractivity contribution is 0.102. The van der Waals surface area contributed by atoms with Gasteiger partial charge in [0.2, 0.25) is 0 Å². The van der Waals surface area contributed by atoms with Crippen molar-refractivity contribution in [2.24, 2.45) is 0 Å². The van der Waals surface area contributed by atoms with Crippen LogP contribution in [0, 0.1) is 0 Å². The van der Waals surface area contributed by atoms with Gasteiger partial charge in [0.1, 0.15) is 5.75 Å². The first kappa shape index (κ1) is 12.5. The van der Waals surface area contributed by atoms with Gasteiger partial charge in [-0.05, 0) is 12.1 Å². The van der Waals surface area contributed by atoms with Crippen molar-refractivity contribution in [1.82, 2.24) is 0 Å². The third kappa shape index (κ3) is 2.96. The maximum atomic E-state index is 11.5. The lowest BCUT2D eigenvalue weighted by Crippen LogP contribution is -2.09. The Morgan fingerprint density at radius 3 is 2.69 bits per heavy atom. The van der Waals surface area contributed by atoms with Crippen LogP contribution in [0.1, 0.15) is 10.4 Å². The molecule has 0 bridgehead atoms. The van der Waals surface area contributed by atoms with Gasteiger partial charge in [0.05, 0.1) is 18.0 Å². The number of carboxylic acid groups (broad SMARTS) is 1. The fourth-order valence-electron chi connectivity index (χ4n) is 1.19. The largest absolute Gasteiger partial charge is 0.496 e. The summed E-state index contributed by atoms with van der Waals surface area (Å²) in [6, 6.07) is 4.49. The Morgan fingerprint density at radius 1 is 1.50 bits per heavy atom. The van der Waals surface area contributed by atoms with E-state index in [1.807, 2.05) is 0 Å². The number of methoxy groups -OCH3 is 1. The van der Waals surface area contributed by atoms with Crippen LogP contribution >= 0.6 is 15.9 Å². The topological polar surface area (TPSA) is 75.6 Å². The molecule has 2 N–H and O–H groups in total. The average Bonchev–Trinajstić information content (AvgIpc) is 2.27. The van der Waals surface area contributed by atoms with Crippen LogP contribution in [0.2, 0.25) is 0 Å². The van der Waals surface area contributed by atoms with Gasteiger partial charge >= 0.3 is 6.09 Å². The van der Waals surface area contributed by atoms with E-state index in [4.69, 9.17) is 9.84 Å². The number of amides is 1. The number of nitrogens with one attached hydrogen (secondary N) is 1. The van der Waals surface area contributed by atoms with Crippen molar-refractivity contribution in [3.05, 3.63) is 23.8 Å². The predicted molar refractivity (Wildman–Crippen MR) is 62.8 cm³/mol. The van der Waals surface area contributed by atoms with Gasteiger partial charge in [-0.25, -0.2) is 4.79 Å². The third-order valence-corrected chi connectivity index (χ3v) is 2.38. The Bertz CT molecular complexity index is 419. The normalized spacial score (nSPS) is 9.62. The molecular weight excluding hydrogens is 278 g/mol. The second-order valence-corrected chi connectivity index (χ2v) is 3.46. The summed E-state index contributed by atoms with van der Waals surface area (Å²) in [5.74, 6) is 0.217. The van der Waals surface area contributed by atoms with Gasteiger partial charge in [-0.2, -0.15) is 0 Å². The van der Waals surface area contributed by atoms with Crippen LogP contribution in [-0.2, 0) is 0 Å². The molecule has 0 heterocycles. The first-order valence-electron chi connectivity index (χ1n) is 4.35. The summed E-state index contributed by atoms with van der Waals surface area (Å²) in [6.07, 6.45) is -1.17. The number of halogens is 1. The highest BCUT2D eigenvalue weighted by Crippen LogP contribution is 2.24. The number of Topliss-reactive ketones (excluding diaryl/α,β-unsaturated/α-hetero) is 1. The number of carbonyl (C=O) groups excluding carboxylic acids is 1. The molecule has 0 saturated heterocycles. The van der Waals surface area contributed by atoms with Crippen molar-refractivity contribution in [2.75, 3.05) is 17.8 Å². The molecule has 1 aromatic rings. The van der Waals surface area contributed by atoms with E-state index in [0.717, 1.165) is 0 Å². The standard InChI is InChI=1S/C10H10BrNO4/c1-16-9-4-6(12-10(14)15)2-3-7(9)8(13)5-11/h2-4,12H,5H2,1H3,(H,14,15). The molecule has 16 heavy (non-hydrogen) atoms. The zero-order valence-corrected chi connectivity index (χ0v) is 10.1. The van der Waals surface area contributed by atoms with Crippen molar-refractivity contribution in [3.63, 3.8) is 0 Å². The summed E-state index contributed by atoms with van der Waals surface area (Å²) >= 11 is 3.06. The van der Waals surface area contributed by atoms with Gasteiger partial charge in [0, 0.05) is 11.8 Å². The molecule has 1 amide bonds. The van der Waals surface area contributed by atoms with E-state index in [2.05, 4.69) is 21.2 Å². The van der Waals surface area contributed by atoms with Crippen LogP contribution in [0.15, 0.2) is 18.2 Å². The smallest absolute Gasteiger partial charge is 0.409 e. The highest BCUT2D eigenvalue weighted by atomic mass is 79.9. The van der Waals surface area contributed by atoms with Crippen LogP contribution < -0.4 is 10.1 Å². The van der Waals surface area contributed by atoms with Crippen LogP contribution in [0.25, 0.3) is 0 Å². The van der Waals surface area contributed by atoms with E-state index in [1.165, 1.54) is 25.3 Å². The minimum absolute atomic E-state index is 0.126. The lowest BCUT2D eigenvalue weighted by atomic mass is 10.1. The van der Waals surface area contributed by atoms with Gasteiger partial charge in [-0.1, -0.05) is 15.9 Å². The Morgan fingerprint density at radius 2 is 2.19 bits per heavy atom. The number of alkyl halides is 1. The highest BCUT2D eigenvalue weighted by molar-refractivity contribution is 9.09. The number of carbonyl (C=O) groups is 2. The summed E-state index contributed by atoms with van der Waals surface area (Å²) in [4.78, 5) is 21.9. The Kier molecular flexibility index (Phi) is 4.30. The number of benzene rings is 1. The first-order chi connectivity index (χ1) is 7.58. The Labute approximate surface area is 101 Å². The molecule has 5 nitrogen and oxygen atoms in total. The zero-order valence-electron chi connectivity index (χ0n) is 8.49. The number of ether oxygens (including phenoxy) is 1. The first-order valence-corrected chi connectivity index (χ1v) is 5.47. The van der Waals surface area contributed by atoms with Crippen molar-refractivity contribution >= 4 is 33.5 Å². The van der Waals surface area contributed by atoms with E-state index in [0.29, 0.717) is 17.0 Å². The van der Waals surface area contributed by atoms with E-state index in [-0.39, 0.29) is 11.1 Å². The van der Waals surface area contributed by atoms with Crippen molar-refractivity contribution < 1.29 is 19.4 Å². The summed E-state index contributed by atoms with van der Waals surface area (Å²) in [7, 11) is 1.42. The van der Waals surface area contributed by atoms with Crippen LogP contribution in [0.3, 0.4) is 0 Å². The van der Waals surface area contributed by atoms with E-state index in [1.54, 1.807) is 0 Å². The molecule has 0 aromatic heterocycles. The minimum atomic E-state index is -1.17. The van der Waals surface area contributed by atoms with Crippen molar-refractivity contribution in [1.29, 1.82) is 0 Å². The van der Waals surface area contributed by atoms with Crippen LogP contribution in [0.5, 0.6) is 5.75 Å². The van der Waals surface area contributed by atoms with Crippen molar-refractivity contribution in [2.45, 2.75) is 0 Å². The molecule has 0 saturated carbocycles. The molecule has 6 heteroatoms. The molecule has 0 aliphatic rings. The van der Waals surface area contributed by atoms with Gasteiger partial charge in [-0.3, -0.25) is 10.1 Å². The highest BCUT2D eigenvalue weighted by Gasteiger charge is 2.12. The molecule has 0 atom stereocenters. The maximum absolute atomic E-state index is 11.5. The summed E-state index contributed by atoms with van der Waals surface area (Å²) in [5.41, 5.74) is 0.769. The number of rotatable bonds is 4. The minimum Gasteiger partial charge on any atom is -0.496 e. The maximum Gasteiger partial charge on any atom is 0.409 e. The molecule has 0 fully saturated rings. The monoisotopic (exact) mass is 287 g/mol. The fraction of sp³-hybridized carbons (Fsp3) is 0.200. The molecule has 0 radical (unpaired) electrons. The molecule has 1 aromatic carbocycles. The molecular formula is C10H10BrNO4. The summed E-state index contributed by atoms with van der Waals surface area (Å²) in [5, 5.41) is 10.9. The quantitative estimate of drug-likeness (QED) is 0.658. The molecule has 1 rings (SSSR count). The predicted octanol–water partition coefficient (Wildman–Crippen LogP) is 2.36. The summed E-state index contributed by atoms with van der Waals surface area (Å²) < 4.78 is 5.02. The lowest BCUT2D eigenvalue weighted by Gasteiger charge is -2.08. The zero-order chi connectivity index (χ0) is 12.1. The van der Waals surface area contributed by atoms with E-state index in [9.17, 15) is 9.59 Å². The molecule has 0 spiro atoms. The molecule has 0 aliphatic carbocycles. The third-order valence-electron chi connectivity index (χ3n) is 1.87. The molecule has 86 valence electrons. The number of anilines is 1. The second kappa shape index (κ2) is 5.50. The number of hydrogen-bond acceptors (Lipinski definition) is 3. The van der Waals surface area contributed by atoms with E-state index >= 15 is 0 Å². The van der Waals surface area contributed by atoms with Crippen LogP contribution in [-0.4, -0.2) is 29.4 Å². The van der Waals surface area contributed by atoms with Crippen molar-refractivity contribution in [3.8, 4) is 5.75 Å². The molecule has 0 unspecified atom stereocenters. The summed E-state index contributed by atoms with van der Waals surface area (Å²) in [6.45, 7) is 0. The SMILES string of the molecule is COc1cc(NC(=O)O)ccc1C(=O)CBr. The average molecular weight is 288 g/mol. The van der Waals surface area contributed by atoms with Crippen LogP contribution in [0.4, 0.5) is 10.5 Å². The Hall–Kier alpha value is -1.56. The van der Waals surface area contributed by atoms with Gasteiger partial charge in [0.25, 0.3) is 0 Å². The number of hydrogen-bond donors (Lipinski definition) is 2. The van der Waals surface area contributed by atoms with Gasteiger partial charge < -0.3 is 9.84 Å². The van der Waals surface area contributed by atoms with E-state index < -0.39 is 6.09 Å². The van der Waals surface area contributed by atoms with Gasteiger partial charge in [-0.15, -0.1) is 0 Å². The second-order valence-electron chi connectivity index (χ2n) is 2.90. The molecule has 0 aliphatic heterocycles.